The van der Waals surface area contributed by atoms with E-state index >= 15 is 0 Å². The van der Waals surface area contributed by atoms with Crippen molar-refractivity contribution in [3.05, 3.63) is 18.5 Å². The van der Waals surface area contributed by atoms with E-state index in [1.165, 1.54) is 31.0 Å². The minimum atomic E-state index is 0.220. The van der Waals surface area contributed by atoms with Gasteiger partial charge < -0.3 is 25.0 Å². The normalized spacial score (nSPS) is 25.1. The van der Waals surface area contributed by atoms with Crippen molar-refractivity contribution < 1.29 is 9.47 Å². The molecule has 0 bridgehead atoms. The summed E-state index contributed by atoms with van der Waals surface area (Å²) in [5, 5.41) is 0.704. The monoisotopic (exact) mass is 468 g/mol. The minimum Gasteiger partial charge on any atom is -0.488 e. The van der Waals surface area contributed by atoms with Crippen LogP contribution in [0.2, 0.25) is 0 Å². The van der Waals surface area contributed by atoms with Gasteiger partial charge >= 0.3 is 0 Å². The van der Waals surface area contributed by atoms with Gasteiger partial charge in [-0.2, -0.15) is 0 Å². The number of fused-ring (bicyclic) bond motifs is 1. The lowest BCUT2D eigenvalue weighted by molar-refractivity contribution is 0.0976. The topological polar surface area (TPSA) is 89.6 Å². The van der Waals surface area contributed by atoms with E-state index in [-0.39, 0.29) is 5.54 Å². The molecule has 2 saturated heterocycles. The molecule has 4 aliphatic rings. The van der Waals surface area contributed by atoms with Gasteiger partial charge in [-0.1, -0.05) is 11.8 Å². The molecule has 2 aromatic heterocycles. The zero-order chi connectivity index (χ0) is 22.6. The van der Waals surface area contributed by atoms with Gasteiger partial charge in [0.25, 0.3) is 0 Å². The molecule has 1 aliphatic carbocycles. The van der Waals surface area contributed by atoms with E-state index in [0.717, 1.165) is 61.2 Å². The van der Waals surface area contributed by atoms with Gasteiger partial charge in [0, 0.05) is 38.3 Å². The summed E-state index contributed by atoms with van der Waals surface area (Å²) in [6, 6.07) is 1.98. The van der Waals surface area contributed by atoms with Crippen molar-refractivity contribution in [1.82, 2.24) is 15.0 Å². The first kappa shape index (κ1) is 21.3. The van der Waals surface area contributed by atoms with Crippen LogP contribution in [-0.4, -0.2) is 59.9 Å². The molecule has 0 unspecified atom stereocenters. The second-order valence-corrected chi connectivity index (χ2v) is 11.2. The van der Waals surface area contributed by atoms with Gasteiger partial charge in [0.2, 0.25) is 0 Å². The summed E-state index contributed by atoms with van der Waals surface area (Å²) in [6.07, 6.45) is 10.9. The second-order valence-electron chi connectivity index (χ2n) is 10.2. The van der Waals surface area contributed by atoms with Crippen LogP contribution < -0.4 is 20.3 Å². The minimum absolute atomic E-state index is 0.220. The van der Waals surface area contributed by atoms with Crippen LogP contribution in [0.5, 0.6) is 5.75 Å². The summed E-state index contributed by atoms with van der Waals surface area (Å²) >= 11 is 1.51. The Bertz CT molecular complexity index is 1050. The first-order valence-corrected chi connectivity index (χ1v) is 12.8. The fourth-order valence-corrected chi connectivity index (χ4v) is 6.50. The molecule has 33 heavy (non-hydrogen) atoms. The number of piperidine rings is 1. The molecule has 9 heteroatoms. The van der Waals surface area contributed by atoms with Crippen LogP contribution in [-0.2, 0) is 4.74 Å². The zero-order valence-corrected chi connectivity index (χ0v) is 20.2. The van der Waals surface area contributed by atoms with Crippen LogP contribution in [0.25, 0.3) is 0 Å². The van der Waals surface area contributed by atoms with E-state index in [4.69, 9.17) is 25.2 Å². The Kier molecular flexibility index (Phi) is 5.10. The van der Waals surface area contributed by atoms with Gasteiger partial charge in [-0.15, -0.1) is 0 Å². The molecule has 2 spiro atoms. The third kappa shape index (κ3) is 3.79. The van der Waals surface area contributed by atoms with E-state index in [9.17, 15) is 0 Å². The molecule has 3 fully saturated rings. The number of anilines is 3. The highest BCUT2D eigenvalue weighted by atomic mass is 32.2. The maximum absolute atomic E-state index is 6.39. The average Bonchev–Trinajstić information content (AvgIpc) is 3.55. The van der Waals surface area contributed by atoms with Crippen molar-refractivity contribution in [2.45, 2.75) is 67.0 Å². The molecule has 0 amide bonds. The lowest BCUT2D eigenvalue weighted by atomic mass is 9.77. The van der Waals surface area contributed by atoms with Crippen molar-refractivity contribution >= 4 is 29.2 Å². The van der Waals surface area contributed by atoms with Crippen LogP contribution in [0.4, 0.5) is 17.5 Å². The Labute approximate surface area is 199 Å². The number of pyridine rings is 1. The van der Waals surface area contributed by atoms with Gasteiger partial charge in [-0.3, -0.25) is 0 Å². The highest BCUT2D eigenvalue weighted by molar-refractivity contribution is 7.99. The molecular formula is C24H32N6O2S. The van der Waals surface area contributed by atoms with Crippen molar-refractivity contribution in [2.24, 2.45) is 5.41 Å². The molecule has 3 aliphatic heterocycles. The van der Waals surface area contributed by atoms with Crippen LogP contribution in [0.3, 0.4) is 0 Å². The van der Waals surface area contributed by atoms with Crippen molar-refractivity contribution in [3.63, 3.8) is 0 Å². The van der Waals surface area contributed by atoms with Gasteiger partial charge in [-0.25, -0.2) is 15.0 Å². The van der Waals surface area contributed by atoms with Crippen LogP contribution in [0.15, 0.2) is 28.4 Å². The Morgan fingerprint density at radius 3 is 2.67 bits per heavy atom. The highest BCUT2D eigenvalue weighted by Gasteiger charge is 2.49. The number of nitrogens with zero attached hydrogens (tertiary/aromatic N) is 5. The molecule has 8 nitrogen and oxygen atoms in total. The number of hydrogen-bond acceptors (Lipinski definition) is 9. The fourth-order valence-electron chi connectivity index (χ4n) is 5.66. The summed E-state index contributed by atoms with van der Waals surface area (Å²) in [4.78, 5) is 19.6. The third-order valence-electron chi connectivity index (χ3n) is 8.02. The number of nitrogens with two attached hydrogens (primary N) is 1. The number of ether oxygens (including phenoxy) is 2. The molecule has 6 rings (SSSR count). The van der Waals surface area contributed by atoms with Crippen LogP contribution >= 0.6 is 11.8 Å². The predicted molar refractivity (Wildman–Crippen MR) is 129 cm³/mol. The maximum atomic E-state index is 6.39. The summed E-state index contributed by atoms with van der Waals surface area (Å²) in [7, 11) is 2.13. The van der Waals surface area contributed by atoms with Crippen molar-refractivity contribution in [1.29, 1.82) is 0 Å². The SMILES string of the molecule is C[C@H]1CC2(CCN(c3cnc(Sc4ccnc5c4OCCC4(CC4)N5C)c(N)n3)CC2)CO1. The summed E-state index contributed by atoms with van der Waals surface area (Å²) < 4.78 is 12.0. The zero-order valence-electron chi connectivity index (χ0n) is 19.4. The Morgan fingerprint density at radius 1 is 1.15 bits per heavy atom. The Hall–Kier alpha value is -2.26. The first-order valence-electron chi connectivity index (χ1n) is 12.0. The third-order valence-corrected chi connectivity index (χ3v) is 9.07. The van der Waals surface area contributed by atoms with Gasteiger partial charge in [0.05, 0.1) is 30.4 Å². The molecule has 0 aromatic carbocycles. The lowest BCUT2D eigenvalue weighted by Crippen LogP contribution is -2.41. The Balaban J connectivity index is 1.19. The summed E-state index contributed by atoms with van der Waals surface area (Å²) in [5.74, 6) is 3.06. The number of aromatic nitrogens is 3. The number of rotatable bonds is 3. The largest absolute Gasteiger partial charge is 0.488 e. The lowest BCUT2D eigenvalue weighted by Gasteiger charge is -2.38. The standard InChI is InChI=1S/C24H32N6O2S/c1-16-13-23(15-32-16)6-10-30(11-7-23)18-14-27-22(20(25)28-18)33-17-3-9-26-21-19(17)31-12-8-24(4-5-24)29(21)2/h3,9,14,16H,4-8,10-13,15H2,1-2H3,(H2,25,28)/t16-/m0/s1. The van der Waals surface area contributed by atoms with E-state index in [1.54, 1.807) is 0 Å². The van der Waals surface area contributed by atoms with Crippen LogP contribution in [0, 0.1) is 5.41 Å². The van der Waals surface area contributed by atoms with Crippen molar-refractivity contribution in [3.8, 4) is 5.75 Å². The van der Waals surface area contributed by atoms with Crippen molar-refractivity contribution in [2.75, 3.05) is 48.9 Å². The maximum Gasteiger partial charge on any atom is 0.175 e. The molecule has 2 aromatic rings. The number of hydrogen-bond donors (Lipinski definition) is 1. The Morgan fingerprint density at radius 2 is 1.97 bits per heavy atom. The molecule has 1 atom stereocenters. The van der Waals surface area contributed by atoms with E-state index < -0.39 is 0 Å². The highest BCUT2D eigenvalue weighted by Crippen LogP contribution is 2.51. The molecule has 5 heterocycles. The average molecular weight is 469 g/mol. The smallest absolute Gasteiger partial charge is 0.175 e. The molecule has 0 radical (unpaired) electrons. The van der Waals surface area contributed by atoms with Crippen LogP contribution in [0.1, 0.15) is 45.4 Å². The summed E-state index contributed by atoms with van der Waals surface area (Å²) in [6.45, 7) is 5.71. The summed E-state index contributed by atoms with van der Waals surface area (Å²) in [5.41, 5.74) is 6.95. The van der Waals surface area contributed by atoms with E-state index in [0.29, 0.717) is 29.0 Å². The van der Waals surface area contributed by atoms with E-state index in [2.05, 4.69) is 28.8 Å². The molecule has 1 saturated carbocycles. The molecule has 2 N–H and O–H groups in total. The quantitative estimate of drug-likeness (QED) is 0.723. The first-order chi connectivity index (χ1) is 16.0. The van der Waals surface area contributed by atoms with Gasteiger partial charge in [0.15, 0.2) is 17.4 Å². The second kappa shape index (κ2) is 7.91. The fraction of sp³-hybridized carbons (Fsp3) is 0.625. The predicted octanol–water partition coefficient (Wildman–Crippen LogP) is 3.75. The molecule has 176 valence electrons. The van der Waals surface area contributed by atoms with Gasteiger partial charge in [-0.05, 0) is 50.5 Å². The van der Waals surface area contributed by atoms with E-state index in [1.807, 2.05) is 18.5 Å². The van der Waals surface area contributed by atoms with Gasteiger partial charge in [0.1, 0.15) is 10.8 Å². The molecular weight excluding hydrogens is 436 g/mol. The number of nitrogen functional groups attached to an aromatic ring is 1.